The molecule has 2 rings (SSSR count). The lowest BCUT2D eigenvalue weighted by atomic mass is 10.1. The smallest absolute Gasteiger partial charge is 0.252 e. The van der Waals surface area contributed by atoms with E-state index in [1.54, 1.807) is 23.1 Å². The minimum Gasteiger partial charge on any atom is -0.383 e. The first-order valence-corrected chi connectivity index (χ1v) is 6.00. The Kier molecular flexibility index (Phi) is 3.08. The van der Waals surface area contributed by atoms with Gasteiger partial charge >= 0.3 is 0 Å². The van der Waals surface area contributed by atoms with Crippen molar-refractivity contribution in [3.05, 3.63) is 27.7 Å². The summed E-state index contributed by atoms with van der Waals surface area (Å²) in [5, 5.41) is 4.44. The molecule has 0 aromatic carbocycles. The third-order valence-electron chi connectivity index (χ3n) is 2.17. The maximum absolute atomic E-state index is 5.99. The van der Waals surface area contributed by atoms with Crippen LogP contribution in [0.15, 0.2) is 18.5 Å². The van der Waals surface area contributed by atoms with Crippen molar-refractivity contribution < 1.29 is 0 Å². The molecule has 2 aromatic rings. The van der Waals surface area contributed by atoms with Crippen LogP contribution in [0.1, 0.15) is 25.5 Å². The highest BCUT2D eigenvalue weighted by molar-refractivity contribution is 14.1. The fraction of sp³-hybridized carbons (Fsp3) is 0.300. The molecule has 0 aliphatic heterocycles. The van der Waals surface area contributed by atoms with Crippen molar-refractivity contribution in [1.29, 1.82) is 0 Å². The summed E-state index contributed by atoms with van der Waals surface area (Å²) < 4.78 is 2.55. The molecule has 0 aliphatic carbocycles. The van der Waals surface area contributed by atoms with Crippen LogP contribution in [0, 0.1) is 3.57 Å². The van der Waals surface area contributed by atoms with Gasteiger partial charge in [-0.05, 0) is 34.6 Å². The van der Waals surface area contributed by atoms with Crippen LogP contribution in [-0.4, -0.2) is 19.7 Å². The Bertz CT molecular complexity index is 491. The van der Waals surface area contributed by atoms with Gasteiger partial charge in [0, 0.05) is 12.4 Å². The van der Waals surface area contributed by atoms with Gasteiger partial charge in [0.05, 0.1) is 9.26 Å². The van der Waals surface area contributed by atoms with Gasteiger partial charge in [-0.2, -0.15) is 9.78 Å². The molecule has 0 saturated carbocycles. The second-order valence-corrected chi connectivity index (χ2v) is 4.78. The maximum Gasteiger partial charge on any atom is 0.252 e. The lowest BCUT2D eigenvalue weighted by molar-refractivity contribution is 0.745. The van der Waals surface area contributed by atoms with E-state index in [-0.39, 0.29) is 0 Å². The normalized spacial score (nSPS) is 11.0. The Morgan fingerprint density at radius 2 is 1.94 bits per heavy atom. The zero-order valence-corrected chi connectivity index (χ0v) is 11.2. The molecule has 0 saturated heterocycles. The van der Waals surface area contributed by atoms with Crippen LogP contribution in [0.25, 0.3) is 5.95 Å². The molecule has 16 heavy (non-hydrogen) atoms. The van der Waals surface area contributed by atoms with Crippen molar-refractivity contribution in [2.45, 2.75) is 19.8 Å². The summed E-state index contributed by atoms with van der Waals surface area (Å²) in [6.45, 7) is 4.17. The molecule has 0 radical (unpaired) electrons. The molecule has 5 nitrogen and oxygen atoms in total. The highest BCUT2D eigenvalue weighted by Crippen LogP contribution is 2.26. The summed E-state index contributed by atoms with van der Waals surface area (Å²) in [7, 11) is 0. The van der Waals surface area contributed by atoms with E-state index in [0.29, 0.717) is 17.7 Å². The van der Waals surface area contributed by atoms with E-state index in [9.17, 15) is 0 Å². The molecule has 0 atom stereocenters. The number of hydrogen-bond acceptors (Lipinski definition) is 4. The standard InChI is InChI=1S/C10H12IN5/c1-6(2)8-7(11)9(12)16(15-8)10-13-4-3-5-14-10/h3-6H,12H2,1-2H3. The molecule has 2 heterocycles. The van der Waals surface area contributed by atoms with E-state index in [4.69, 9.17) is 5.73 Å². The zero-order valence-electron chi connectivity index (χ0n) is 9.05. The minimum atomic E-state index is 0.333. The van der Waals surface area contributed by atoms with Crippen LogP contribution in [-0.2, 0) is 0 Å². The predicted molar refractivity (Wildman–Crippen MR) is 70.4 cm³/mol. The zero-order chi connectivity index (χ0) is 11.7. The largest absolute Gasteiger partial charge is 0.383 e. The van der Waals surface area contributed by atoms with Crippen LogP contribution in [0.4, 0.5) is 5.82 Å². The maximum atomic E-state index is 5.99. The lowest BCUT2D eigenvalue weighted by Crippen LogP contribution is -2.06. The quantitative estimate of drug-likeness (QED) is 0.856. The summed E-state index contributed by atoms with van der Waals surface area (Å²) in [6, 6.07) is 1.76. The number of nitrogens with two attached hydrogens (primary N) is 1. The Morgan fingerprint density at radius 1 is 1.31 bits per heavy atom. The van der Waals surface area contributed by atoms with E-state index in [0.717, 1.165) is 9.26 Å². The Hall–Kier alpha value is -1.18. The summed E-state index contributed by atoms with van der Waals surface area (Å²) in [6.07, 6.45) is 3.34. The van der Waals surface area contributed by atoms with Crippen LogP contribution in [0.3, 0.4) is 0 Å². The van der Waals surface area contributed by atoms with E-state index in [1.165, 1.54) is 0 Å². The minimum absolute atomic E-state index is 0.333. The van der Waals surface area contributed by atoms with Gasteiger partial charge in [0.2, 0.25) is 0 Å². The summed E-state index contributed by atoms with van der Waals surface area (Å²) in [5.41, 5.74) is 6.96. The average molecular weight is 329 g/mol. The number of nitrogen functional groups attached to an aromatic ring is 1. The van der Waals surface area contributed by atoms with Crippen molar-refractivity contribution in [2.75, 3.05) is 5.73 Å². The number of rotatable bonds is 2. The highest BCUT2D eigenvalue weighted by Gasteiger charge is 2.17. The number of hydrogen-bond donors (Lipinski definition) is 1. The van der Waals surface area contributed by atoms with Crippen LogP contribution in [0.2, 0.25) is 0 Å². The van der Waals surface area contributed by atoms with E-state index >= 15 is 0 Å². The first-order valence-electron chi connectivity index (χ1n) is 4.92. The van der Waals surface area contributed by atoms with Crippen LogP contribution < -0.4 is 5.73 Å². The van der Waals surface area contributed by atoms with Crippen molar-refractivity contribution in [1.82, 2.24) is 19.7 Å². The van der Waals surface area contributed by atoms with Gasteiger partial charge < -0.3 is 5.73 Å². The Labute approximate surface area is 107 Å². The van der Waals surface area contributed by atoms with Crippen LogP contribution >= 0.6 is 22.6 Å². The van der Waals surface area contributed by atoms with Gasteiger partial charge in [0.25, 0.3) is 5.95 Å². The third-order valence-corrected chi connectivity index (χ3v) is 3.28. The van der Waals surface area contributed by atoms with E-state index in [1.807, 2.05) is 0 Å². The van der Waals surface area contributed by atoms with E-state index in [2.05, 4.69) is 51.5 Å². The van der Waals surface area contributed by atoms with Gasteiger partial charge in [0.1, 0.15) is 5.82 Å². The summed E-state index contributed by atoms with van der Waals surface area (Å²) >= 11 is 2.20. The molecule has 0 bridgehead atoms. The van der Waals surface area contributed by atoms with Gasteiger partial charge in [0.15, 0.2) is 0 Å². The van der Waals surface area contributed by atoms with E-state index < -0.39 is 0 Å². The molecule has 0 amide bonds. The lowest BCUT2D eigenvalue weighted by Gasteiger charge is -2.00. The molecule has 0 unspecified atom stereocenters. The predicted octanol–water partition coefficient (Wildman–Crippen LogP) is 1.97. The Balaban J connectivity index is 2.55. The molecule has 6 heteroatoms. The monoisotopic (exact) mass is 329 g/mol. The molecular weight excluding hydrogens is 317 g/mol. The van der Waals surface area contributed by atoms with Crippen molar-refractivity contribution in [2.24, 2.45) is 0 Å². The van der Waals surface area contributed by atoms with Crippen molar-refractivity contribution in [3.63, 3.8) is 0 Å². The molecule has 0 spiro atoms. The number of halogens is 1. The number of aromatic nitrogens is 4. The fourth-order valence-corrected chi connectivity index (χ4v) is 2.31. The molecule has 0 fully saturated rings. The van der Waals surface area contributed by atoms with Gasteiger partial charge in [-0.25, -0.2) is 9.97 Å². The molecular formula is C10H12IN5. The average Bonchev–Trinajstić information content (AvgIpc) is 2.58. The van der Waals surface area contributed by atoms with Crippen LogP contribution in [0.5, 0.6) is 0 Å². The molecule has 2 N–H and O–H groups in total. The SMILES string of the molecule is CC(C)c1nn(-c2ncccn2)c(N)c1I. The van der Waals surface area contributed by atoms with Gasteiger partial charge in [-0.1, -0.05) is 13.8 Å². The second kappa shape index (κ2) is 4.36. The first-order chi connectivity index (χ1) is 7.61. The number of nitrogens with zero attached hydrogens (tertiary/aromatic N) is 4. The summed E-state index contributed by atoms with van der Waals surface area (Å²) in [5.74, 6) is 1.43. The topological polar surface area (TPSA) is 69.6 Å². The number of anilines is 1. The third kappa shape index (κ3) is 1.89. The van der Waals surface area contributed by atoms with Crippen molar-refractivity contribution in [3.8, 4) is 5.95 Å². The highest BCUT2D eigenvalue weighted by atomic mass is 127. The first kappa shape index (κ1) is 11.3. The van der Waals surface area contributed by atoms with Gasteiger partial charge in [-0.15, -0.1) is 0 Å². The molecule has 0 aliphatic rings. The summed E-state index contributed by atoms with van der Waals surface area (Å²) in [4.78, 5) is 8.26. The fourth-order valence-electron chi connectivity index (χ4n) is 1.35. The van der Waals surface area contributed by atoms with Gasteiger partial charge in [-0.3, -0.25) is 0 Å². The Morgan fingerprint density at radius 3 is 2.44 bits per heavy atom. The molecule has 84 valence electrons. The molecule has 2 aromatic heterocycles. The van der Waals surface area contributed by atoms with Crippen molar-refractivity contribution >= 4 is 28.4 Å². The second-order valence-electron chi connectivity index (χ2n) is 3.70.